The van der Waals surface area contributed by atoms with Gasteiger partial charge in [0.05, 0.1) is 71.4 Å². The number of benzene rings is 2. The summed E-state index contributed by atoms with van der Waals surface area (Å²) in [5, 5.41) is 0. The van der Waals surface area contributed by atoms with E-state index < -0.39 is 5.41 Å². The fraction of sp³-hybridized carbons (Fsp3) is 0.709. The van der Waals surface area contributed by atoms with Gasteiger partial charge in [-0.1, -0.05) is 267 Å². The summed E-state index contributed by atoms with van der Waals surface area (Å²) < 4.78 is 37.6. The van der Waals surface area contributed by atoms with Crippen LogP contribution in [0.2, 0.25) is 0 Å². The molecule has 0 saturated heterocycles. The number of ether oxygens (including phenoxy) is 7. The van der Waals surface area contributed by atoms with E-state index in [4.69, 9.17) is 33.2 Å². The van der Waals surface area contributed by atoms with Gasteiger partial charge in [0.25, 0.3) is 0 Å². The van der Waals surface area contributed by atoms with Crippen molar-refractivity contribution in [3.8, 4) is 0 Å². The molecule has 0 radical (unpaired) electrons. The molecule has 14 heteroatoms. The second-order valence-corrected chi connectivity index (χ2v) is 40.8. The van der Waals surface area contributed by atoms with Crippen LogP contribution in [0, 0.1) is 114 Å². The third-order valence-electron chi connectivity index (χ3n) is 24.3. The van der Waals surface area contributed by atoms with E-state index in [0.29, 0.717) is 40.9 Å². The van der Waals surface area contributed by atoms with Gasteiger partial charge >= 0.3 is 41.8 Å². The van der Waals surface area contributed by atoms with Crippen molar-refractivity contribution in [2.75, 3.05) is 0 Å². The van der Waals surface area contributed by atoms with E-state index in [1.165, 1.54) is 35.1 Å². The first-order valence-electron chi connectivity index (χ1n) is 44.3. The maximum absolute atomic E-state index is 12.3. The van der Waals surface area contributed by atoms with Crippen LogP contribution >= 0.6 is 0 Å². The maximum atomic E-state index is 12.3. The first-order chi connectivity index (χ1) is 53.7. The molecule has 13 atom stereocenters. The first kappa shape index (κ1) is 106. The van der Waals surface area contributed by atoms with Crippen LogP contribution in [0.1, 0.15) is 321 Å². The van der Waals surface area contributed by atoms with Crippen LogP contribution in [0.4, 0.5) is 0 Å². The molecule has 0 amide bonds. The first-order valence-corrected chi connectivity index (χ1v) is 44.3. The highest BCUT2D eigenvalue weighted by Gasteiger charge is 2.75. The van der Waals surface area contributed by atoms with Gasteiger partial charge in [-0.2, -0.15) is 0 Å². The molecular weight excluding hydrogens is 1460 g/mol. The second kappa shape index (κ2) is 43.6. The third-order valence-corrected chi connectivity index (χ3v) is 24.3. The SMILES string of the molecule is CC.CC.CC(C)=C=CC1C(OC(=O)C(C)C)C1(C)C.CC(C)=CC1(C)C(C(=O)OC(C)C)C1(C)C.CC(C)=CC1C(C(=O)OC(C)C)C1(C)C.CC(C)=CC1C(C(=O)OC(C)C)C12CC2.CC(C)C(=O)OC1C(C=Cc2ccccc2)C1(C)C.CC(C)CC1C(C(=O)OC(C)C)C1(C)C.CC(C)OC(=O)C1(c2ccccc2)CC1(C)C. The summed E-state index contributed by atoms with van der Waals surface area (Å²) in [5.74, 6) is 2.48. The van der Waals surface area contributed by atoms with E-state index in [9.17, 15) is 33.6 Å². The standard InChI is InChI=1S/C17H22O2.C15H20O2.C14H24O2.C14H22O2.C13H20O2.C13H24O2.C13H22O2.2C2H6/c1-12(2)16(18)19-15-14(17(15,3)4)11-10-13-8-6-5-7-9-13;1-11(2)17-13(16)15(10-14(15,3)4)12-8-6-5-7-9-12;1-9(2)8-14(7)11(13(14,5)6)12(15)16-10(3)4;1-9(2)7-8-11-12(14(11,5)6)16-13(15)10(3)4;1-8(2)7-10-11(13(10)5-6-13)12(14)15-9(3)4;2*1-8(2)7-10-11(13(10,5)6)12(14)15-9(3)4;2*1-2/h5-12,14-15H,1-4H3;5-9,11H,10H2,1-4H3;8,10-11H,1-7H3;8,10-12H,1-6H3;7,9-11H,5-6H2,1-4H3;8-11H,7H2,1-6H3;7,9-11H,1-6H3;2*1-2H3. The van der Waals surface area contributed by atoms with Crippen molar-refractivity contribution >= 4 is 47.9 Å². The molecule has 2 aromatic rings. The van der Waals surface area contributed by atoms with Gasteiger partial charge in [0.15, 0.2) is 0 Å². The Labute approximate surface area is 712 Å². The average molecular weight is 1630 g/mol. The number of rotatable bonds is 23. The van der Waals surface area contributed by atoms with E-state index in [-0.39, 0.29) is 158 Å². The van der Waals surface area contributed by atoms with Crippen molar-refractivity contribution < 1.29 is 66.7 Å². The Morgan fingerprint density at radius 1 is 0.444 bits per heavy atom. The molecule has 0 bridgehead atoms. The van der Waals surface area contributed by atoms with Crippen molar-refractivity contribution in [3.63, 3.8) is 0 Å². The number of hydrogen-bond acceptors (Lipinski definition) is 14. The van der Waals surface area contributed by atoms with Gasteiger partial charge < -0.3 is 33.2 Å². The second-order valence-electron chi connectivity index (χ2n) is 40.8. The van der Waals surface area contributed by atoms with Crippen LogP contribution in [-0.2, 0) is 72.1 Å². The average Bonchev–Trinajstić information content (AvgIpc) is 1.51. The Kier molecular flexibility index (Phi) is 39.6. The Balaban J connectivity index is 0.000000460. The lowest BCUT2D eigenvalue weighted by Gasteiger charge is -2.21. The predicted octanol–water partition coefficient (Wildman–Crippen LogP) is 25.5. The van der Waals surface area contributed by atoms with Crippen molar-refractivity contribution in [2.24, 2.45) is 114 Å². The molecule has 2 aromatic carbocycles. The lowest BCUT2D eigenvalue weighted by atomic mass is 9.88. The maximum Gasteiger partial charge on any atom is 0.317 e. The van der Waals surface area contributed by atoms with Gasteiger partial charge in [-0.15, -0.1) is 5.73 Å². The Hall–Kier alpha value is -6.79. The van der Waals surface area contributed by atoms with Crippen LogP contribution in [-0.4, -0.2) is 84.5 Å². The summed E-state index contributed by atoms with van der Waals surface area (Å²) in [7, 11) is 0. The number of carbonyl (C=O) groups is 7. The molecule has 8 aliphatic carbocycles. The van der Waals surface area contributed by atoms with E-state index in [1.807, 2.05) is 193 Å². The predicted molar refractivity (Wildman–Crippen MR) is 481 cm³/mol. The third kappa shape index (κ3) is 29.2. The zero-order valence-corrected chi connectivity index (χ0v) is 81.3. The van der Waals surface area contributed by atoms with Crippen molar-refractivity contribution in [1.82, 2.24) is 0 Å². The van der Waals surface area contributed by atoms with Gasteiger partial charge in [-0.3, -0.25) is 33.6 Å². The highest BCUT2D eigenvalue weighted by molar-refractivity contribution is 5.89. The van der Waals surface area contributed by atoms with E-state index in [2.05, 4.69) is 194 Å². The minimum atomic E-state index is -0.432. The van der Waals surface area contributed by atoms with Gasteiger partial charge in [0.1, 0.15) is 12.2 Å². The molecule has 117 heavy (non-hydrogen) atoms. The summed E-state index contributed by atoms with van der Waals surface area (Å²) >= 11 is 0. The highest BCUT2D eigenvalue weighted by Crippen LogP contribution is 2.76. The van der Waals surface area contributed by atoms with E-state index in [0.717, 1.165) is 24.0 Å². The van der Waals surface area contributed by atoms with E-state index >= 15 is 0 Å². The molecular formula is C103H166O14. The Bertz CT molecular complexity index is 3690. The van der Waals surface area contributed by atoms with Gasteiger partial charge in [-0.05, 0) is 224 Å². The molecule has 8 saturated carbocycles. The Morgan fingerprint density at radius 2 is 0.829 bits per heavy atom. The van der Waals surface area contributed by atoms with Gasteiger partial charge in [0, 0.05) is 28.1 Å². The lowest BCUT2D eigenvalue weighted by molar-refractivity contribution is -0.152. The van der Waals surface area contributed by atoms with Crippen LogP contribution in [0.5, 0.6) is 0 Å². The normalized spacial score (nSPS) is 26.7. The minimum Gasteiger partial charge on any atom is -0.463 e. The van der Waals surface area contributed by atoms with Crippen LogP contribution in [0.3, 0.4) is 0 Å². The van der Waals surface area contributed by atoms with Crippen LogP contribution in [0.25, 0.3) is 6.08 Å². The van der Waals surface area contributed by atoms with Crippen molar-refractivity contribution in [3.05, 3.63) is 130 Å². The number of allylic oxidation sites excluding steroid dienone is 6. The summed E-state index contributed by atoms with van der Waals surface area (Å²) in [6, 6.07) is 20.2. The Morgan fingerprint density at radius 3 is 1.21 bits per heavy atom. The zero-order valence-electron chi connectivity index (χ0n) is 81.3. The largest absolute Gasteiger partial charge is 0.463 e. The minimum absolute atomic E-state index is 0.000324. The van der Waals surface area contributed by atoms with Crippen LogP contribution < -0.4 is 0 Å². The summed E-state index contributed by atoms with van der Waals surface area (Å²) in [6.45, 7) is 83.2. The highest BCUT2D eigenvalue weighted by atomic mass is 16.6. The molecule has 662 valence electrons. The summed E-state index contributed by atoms with van der Waals surface area (Å²) in [6.07, 6.45) is 17.3. The van der Waals surface area contributed by atoms with Gasteiger partial charge in [-0.25, -0.2) is 0 Å². The topological polar surface area (TPSA) is 184 Å². The molecule has 0 aromatic heterocycles. The number of esters is 7. The van der Waals surface area contributed by atoms with Gasteiger partial charge in [0.2, 0.25) is 0 Å². The summed E-state index contributed by atoms with van der Waals surface area (Å²) in [4.78, 5) is 82.9. The molecule has 0 aliphatic heterocycles. The number of hydrogen-bond donors (Lipinski definition) is 0. The zero-order chi connectivity index (χ0) is 90.8. The quantitative estimate of drug-likeness (QED) is 0.0443. The molecule has 8 fully saturated rings. The molecule has 8 aliphatic rings. The van der Waals surface area contributed by atoms with Crippen molar-refractivity contribution in [2.45, 2.75) is 358 Å². The molecule has 0 N–H and O–H groups in total. The smallest absolute Gasteiger partial charge is 0.317 e. The molecule has 10 rings (SSSR count). The van der Waals surface area contributed by atoms with Crippen LogP contribution in [0.15, 0.2) is 119 Å². The molecule has 0 heterocycles. The van der Waals surface area contributed by atoms with E-state index in [1.54, 1.807) is 0 Å². The summed E-state index contributed by atoms with van der Waals surface area (Å²) in [5.41, 5.74) is 10.6. The number of carbonyl (C=O) groups excluding carboxylic acids is 7. The molecule has 14 nitrogen and oxygen atoms in total. The monoisotopic (exact) mass is 1630 g/mol. The molecule has 1 spiro atoms. The lowest BCUT2D eigenvalue weighted by Crippen LogP contribution is -2.30. The molecule has 13 unspecified atom stereocenters. The fourth-order valence-corrected chi connectivity index (χ4v) is 16.4. The van der Waals surface area contributed by atoms with Crippen molar-refractivity contribution in [1.29, 1.82) is 0 Å². The fourth-order valence-electron chi connectivity index (χ4n) is 16.4.